The summed E-state index contributed by atoms with van der Waals surface area (Å²) >= 11 is 0. The number of carbonyl (C=O) groups is 2. The Morgan fingerprint density at radius 3 is 2.35 bits per heavy atom. The minimum absolute atomic E-state index is 0.0662. The van der Waals surface area contributed by atoms with E-state index >= 15 is 0 Å². The molecule has 0 aliphatic heterocycles. The molecular weight excluding hydrogens is 288 g/mol. The van der Waals surface area contributed by atoms with Gasteiger partial charge in [0.05, 0.1) is 5.60 Å². The summed E-state index contributed by atoms with van der Waals surface area (Å²) < 4.78 is 0. The average molecular weight is 318 g/mol. The molecule has 4 aliphatic rings. The van der Waals surface area contributed by atoms with E-state index in [0.717, 1.165) is 32.1 Å². The topological polar surface area (TPSA) is 54.4 Å². The minimum atomic E-state index is -0.767. The highest BCUT2D eigenvalue weighted by Gasteiger charge is 2.71. The van der Waals surface area contributed by atoms with Gasteiger partial charge in [0.15, 0.2) is 0 Å². The van der Waals surface area contributed by atoms with Crippen molar-refractivity contribution in [1.82, 2.24) is 0 Å². The lowest BCUT2D eigenvalue weighted by Crippen LogP contribution is -2.60. The molecule has 0 radical (unpaired) electrons. The van der Waals surface area contributed by atoms with Crippen molar-refractivity contribution in [3.05, 3.63) is 0 Å². The molecule has 4 saturated carbocycles. The van der Waals surface area contributed by atoms with Crippen molar-refractivity contribution >= 4 is 11.6 Å². The number of carbonyl (C=O) groups excluding carboxylic acids is 2. The molecule has 0 aromatic rings. The second-order valence-corrected chi connectivity index (χ2v) is 9.86. The number of hydrogen-bond acceptors (Lipinski definition) is 3. The first-order valence-electron chi connectivity index (χ1n) is 9.38. The predicted octanol–water partition coefficient (Wildman–Crippen LogP) is 3.53. The van der Waals surface area contributed by atoms with Gasteiger partial charge in [0.25, 0.3) is 0 Å². The minimum Gasteiger partial charge on any atom is -0.389 e. The number of fused-ring (bicyclic) bond motifs is 3. The molecule has 4 rings (SSSR count). The molecular formula is C20H30O3. The van der Waals surface area contributed by atoms with Crippen LogP contribution < -0.4 is 0 Å². The van der Waals surface area contributed by atoms with Gasteiger partial charge in [-0.15, -0.1) is 0 Å². The van der Waals surface area contributed by atoms with E-state index in [1.165, 1.54) is 0 Å². The monoisotopic (exact) mass is 318 g/mol. The smallest absolute Gasteiger partial charge is 0.145 e. The summed E-state index contributed by atoms with van der Waals surface area (Å²) in [5.74, 6) is 1.22. The van der Waals surface area contributed by atoms with E-state index in [0.29, 0.717) is 36.2 Å². The van der Waals surface area contributed by atoms with E-state index in [1.54, 1.807) is 0 Å². The fourth-order valence-electron chi connectivity index (χ4n) is 7.49. The van der Waals surface area contributed by atoms with E-state index in [9.17, 15) is 14.7 Å². The lowest BCUT2D eigenvalue weighted by Gasteiger charge is -2.62. The third kappa shape index (κ3) is 1.65. The average Bonchev–Trinajstić information content (AvgIpc) is 2.61. The van der Waals surface area contributed by atoms with Crippen LogP contribution in [0.3, 0.4) is 0 Å². The lowest BCUT2D eigenvalue weighted by atomic mass is 9.41. The van der Waals surface area contributed by atoms with Gasteiger partial charge in [0, 0.05) is 23.2 Å². The zero-order valence-corrected chi connectivity index (χ0v) is 14.9. The van der Waals surface area contributed by atoms with E-state index in [2.05, 4.69) is 20.8 Å². The van der Waals surface area contributed by atoms with E-state index in [4.69, 9.17) is 0 Å². The molecule has 4 fully saturated rings. The summed E-state index contributed by atoms with van der Waals surface area (Å²) in [6.45, 7) is 8.52. The van der Waals surface area contributed by atoms with Crippen molar-refractivity contribution in [3.63, 3.8) is 0 Å². The summed E-state index contributed by atoms with van der Waals surface area (Å²) in [5, 5.41) is 10.9. The van der Waals surface area contributed by atoms with Gasteiger partial charge in [-0.2, -0.15) is 0 Å². The Bertz CT molecular complexity index is 594. The molecule has 0 saturated heterocycles. The van der Waals surface area contributed by atoms with Gasteiger partial charge in [0.1, 0.15) is 11.6 Å². The van der Waals surface area contributed by atoms with Crippen LogP contribution in [0.1, 0.15) is 72.6 Å². The maximum absolute atomic E-state index is 13.2. The zero-order valence-electron chi connectivity index (χ0n) is 14.9. The molecule has 23 heavy (non-hydrogen) atoms. The van der Waals surface area contributed by atoms with Crippen molar-refractivity contribution in [2.75, 3.05) is 0 Å². The van der Waals surface area contributed by atoms with Gasteiger partial charge in [-0.25, -0.2) is 0 Å². The van der Waals surface area contributed by atoms with Gasteiger partial charge in [-0.05, 0) is 55.8 Å². The molecule has 0 aromatic heterocycles. The molecule has 2 bridgehead atoms. The first-order chi connectivity index (χ1) is 10.6. The van der Waals surface area contributed by atoms with E-state index in [1.807, 2.05) is 6.92 Å². The number of rotatable bonds is 0. The third-order valence-corrected chi connectivity index (χ3v) is 8.80. The summed E-state index contributed by atoms with van der Waals surface area (Å²) in [6.07, 6.45) is 5.78. The lowest BCUT2D eigenvalue weighted by molar-refractivity contribution is -0.175. The predicted molar refractivity (Wildman–Crippen MR) is 87.7 cm³/mol. The van der Waals surface area contributed by atoms with Crippen LogP contribution >= 0.6 is 0 Å². The zero-order chi connectivity index (χ0) is 16.8. The van der Waals surface area contributed by atoms with Crippen LogP contribution in [0.4, 0.5) is 0 Å². The van der Waals surface area contributed by atoms with Gasteiger partial charge in [-0.1, -0.05) is 27.7 Å². The van der Waals surface area contributed by atoms with Crippen LogP contribution in [-0.4, -0.2) is 22.3 Å². The van der Waals surface area contributed by atoms with Crippen LogP contribution in [0.25, 0.3) is 0 Å². The molecule has 128 valence electrons. The van der Waals surface area contributed by atoms with E-state index in [-0.39, 0.29) is 22.2 Å². The molecule has 0 heterocycles. The first-order valence-corrected chi connectivity index (χ1v) is 9.38. The highest BCUT2D eigenvalue weighted by atomic mass is 16.3. The number of hydrogen-bond donors (Lipinski definition) is 1. The number of aliphatic hydroxyl groups is 1. The number of Topliss-reactive ketones (excluding diaryl/α,β-unsaturated/α-hetero) is 2. The van der Waals surface area contributed by atoms with Gasteiger partial charge >= 0.3 is 0 Å². The van der Waals surface area contributed by atoms with Crippen LogP contribution in [0, 0.1) is 34.0 Å². The maximum atomic E-state index is 13.2. The van der Waals surface area contributed by atoms with Crippen molar-refractivity contribution < 1.29 is 14.7 Å². The van der Waals surface area contributed by atoms with Crippen LogP contribution in [-0.2, 0) is 9.59 Å². The molecule has 4 aliphatic carbocycles. The maximum Gasteiger partial charge on any atom is 0.145 e. The quantitative estimate of drug-likeness (QED) is 0.743. The molecule has 3 nitrogen and oxygen atoms in total. The SMILES string of the molecule is C[C@H]1C(=O)[C@@]23CC[C@@H]4C(C)(C)C(=O)CC[C@@]4(C)[C@@H]2CC[C@]1(O)C3. The molecule has 1 N–H and O–H groups in total. The third-order valence-electron chi connectivity index (χ3n) is 8.80. The summed E-state index contributed by atoms with van der Waals surface area (Å²) in [4.78, 5) is 25.7. The number of ketones is 2. The Morgan fingerprint density at radius 1 is 1.00 bits per heavy atom. The molecule has 6 atom stereocenters. The highest BCUT2D eigenvalue weighted by molar-refractivity contribution is 5.92. The molecule has 0 unspecified atom stereocenters. The van der Waals surface area contributed by atoms with Gasteiger partial charge < -0.3 is 5.11 Å². The Labute approximate surface area is 139 Å². The first kappa shape index (κ1) is 15.8. The largest absolute Gasteiger partial charge is 0.389 e. The van der Waals surface area contributed by atoms with Crippen LogP contribution in [0.5, 0.6) is 0 Å². The standard InChI is InChI=1S/C20H30O3/c1-12-16(22)19-9-5-13-17(2,3)15(21)7-8-18(13,4)14(19)6-10-20(12,23)11-19/h12-14,23H,5-11H2,1-4H3/t12-,13+,14-,18+,19+,20-/m0/s1. The Kier molecular flexibility index (Phi) is 2.94. The normalized spacial score (nSPS) is 54.6. The van der Waals surface area contributed by atoms with Crippen LogP contribution in [0.2, 0.25) is 0 Å². The molecule has 0 aromatic carbocycles. The Balaban J connectivity index is 1.80. The fraction of sp³-hybridized carbons (Fsp3) is 0.900. The van der Waals surface area contributed by atoms with E-state index < -0.39 is 5.60 Å². The molecule has 1 spiro atoms. The van der Waals surface area contributed by atoms with Crippen molar-refractivity contribution in [3.8, 4) is 0 Å². The molecule has 3 heteroatoms. The second kappa shape index (κ2) is 4.28. The summed E-state index contributed by atoms with van der Waals surface area (Å²) in [7, 11) is 0. The second-order valence-electron chi connectivity index (χ2n) is 9.86. The Hall–Kier alpha value is -0.700. The van der Waals surface area contributed by atoms with Crippen molar-refractivity contribution in [1.29, 1.82) is 0 Å². The van der Waals surface area contributed by atoms with Crippen molar-refractivity contribution in [2.45, 2.75) is 78.2 Å². The highest BCUT2D eigenvalue weighted by Crippen LogP contribution is 2.71. The van der Waals surface area contributed by atoms with Gasteiger partial charge in [0.2, 0.25) is 0 Å². The molecule has 0 amide bonds. The van der Waals surface area contributed by atoms with Gasteiger partial charge in [-0.3, -0.25) is 9.59 Å². The Morgan fingerprint density at radius 2 is 1.65 bits per heavy atom. The van der Waals surface area contributed by atoms with Crippen LogP contribution in [0.15, 0.2) is 0 Å². The fourth-order valence-corrected chi connectivity index (χ4v) is 7.49. The van der Waals surface area contributed by atoms with Crippen molar-refractivity contribution in [2.24, 2.45) is 34.0 Å². The summed E-state index contributed by atoms with van der Waals surface area (Å²) in [6, 6.07) is 0. The summed E-state index contributed by atoms with van der Waals surface area (Å²) in [5.41, 5.74) is -1.28.